The number of nitrogens with zero attached hydrogens (tertiary/aromatic N) is 4. The number of thiazole rings is 1. The van der Waals surface area contributed by atoms with E-state index < -0.39 is 11.9 Å². The number of aromatic nitrogens is 3. The highest BCUT2D eigenvalue weighted by Crippen LogP contribution is 2.25. The lowest BCUT2D eigenvalue weighted by atomic mass is 10.2. The predicted octanol–water partition coefficient (Wildman–Crippen LogP) is 1.70. The van der Waals surface area contributed by atoms with Crippen LogP contribution in [-0.4, -0.2) is 57.1 Å². The fraction of sp³-hybridized carbons (Fsp3) is 0.421. The van der Waals surface area contributed by atoms with Gasteiger partial charge in [-0.25, -0.2) is 9.78 Å². The molecule has 1 aromatic carbocycles. The van der Waals surface area contributed by atoms with E-state index in [4.69, 9.17) is 9.26 Å². The lowest BCUT2D eigenvalue weighted by molar-refractivity contribution is -0.0436. The lowest BCUT2D eigenvalue weighted by Gasteiger charge is -2.33. The minimum Gasteiger partial charge on any atom is -0.390 e. The van der Waals surface area contributed by atoms with Crippen molar-refractivity contribution in [1.82, 2.24) is 19.6 Å². The van der Waals surface area contributed by atoms with E-state index in [0.29, 0.717) is 25.5 Å². The molecule has 0 aliphatic carbocycles. The highest BCUT2D eigenvalue weighted by atomic mass is 32.1. The molecule has 1 aliphatic rings. The van der Waals surface area contributed by atoms with Gasteiger partial charge in [-0.1, -0.05) is 35.5 Å². The molecule has 3 heterocycles. The Morgan fingerprint density at radius 3 is 2.89 bits per heavy atom. The highest BCUT2D eigenvalue weighted by molar-refractivity contribution is 7.09. The summed E-state index contributed by atoms with van der Waals surface area (Å²) in [6.07, 6.45) is -0.825. The first kappa shape index (κ1) is 19.0. The summed E-state index contributed by atoms with van der Waals surface area (Å²) < 4.78 is 12.0. The van der Waals surface area contributed by atoms with Crippen LogP contribution in [0.3, 0.4) is 0 Å². The Morgan fingerprint density at radius 2 is 2.14 bits per heavy atom. The maximum atomic E-state index is 12.1. The summed E-state index contributed by atoms with van der Waals surface area (Å²) in [5.74, 6) is -0.154. The summed E-state index contributed by atoms with van der Waals surface area (Å²) in [6, 6.07) is 9.32. The van der Waals surface area contributed by atoms with Crippen LogP contribution in [0.5, 0.6) is 0 Å². The Kier molecular flexibility index (Phi) is 5.67. The minimum atomic E-state index is -0.739. The van der Waals surface area contributed by atoms with Gasteiger partial charge in [0, 0.05) is 36.3 Å². The first-order valence-electron chi connectivity index (χ1n) is 9.16. The number of benzene rings is 1. The monoisotopic (exact) mass is 402 g/mol. The van der Waals surface area contributed by atoms with Crippen LogP contribution in [0, 0.1) is 6.92 Å². The number of aryl methyl sites for hydroxylation is 1. The second-order valence-electron chi connectivity index (χ2n) is 6.85. The summed E-state index contributed by atoms with van der Waals surface area (Å²) >= 11 is 1.59. The number of hydrogen-bond acceptors (Lipinski definition) is 8. The number of ether oxygens (including phenoxy) is 1. The zero-order valence-corrected chi connectivity index (χ0v) is 16.3. The third kappa shape index (κ3) is 4.22. The average Bonchev–Trinajstić information content (AvgIpc) is 3.29. The highest BCUT2D eigenvalue weighted by Gasteiger charge is 2.26. The van der Waals surface area contributed by atoms with E-state index in [0.717, 1.165) is 22.8 Å². The molecule has 2 atom stereocenters. The molecule has 0 spiro atoms. The van der Waals surface area contributed by atoms with Crippen molar-refractivity contribution in [3.8, 4) is 11.4 Å². The summed E-state index contributed by atoms with van der Waals surface area (Å²) in [4.78, 5) is 18.7. The summed E-state index contributed by atoms with van der Waals surface area (Å²) in [6.45, 7) is 4.47. The van der Waals surface area contributed by atoms with E-state index in [2.05, 4.69) is 15.0 Å². The van der Waals surface area contributed by atoms with Crippen molar-refractivity contribution >= 4 is 11.3 Å². The molecule has 2 aromatic heterocycles. The fourth-order valence-corrected chi connectivity index (χ4v) is 4.16. The molecule has 28 heavy (non-hydrogen) atoms. The van der Waals surface area contributed by atoms with Crippen LogP contribution in [0.25, 0.3) is 11.4 Å². The van der Waals surface area contributed by atoms with Crippen LogP contribution in [0.2, 0.25) is 0 Å². The molecule has 1 saturated heterocycles. The van der Waals surface area contributed by atoms with Crippen LogP contribution in [0.4, 0.5) is 0 Å². The van der Waals surface area contributed by atoms with Crippen molar-refractivity contribution in [2.24, 2.45) is 0 Å². The van der Waals surface area contributed by atoms with Crippen LogP contribution in [0.1, 0.15) is 16.8 Å². The third-order valence-electron chi connectivity index (χ3n) is 4.64. The van der Waals surface area contributed by atoms with Gasteiger partial charge in [-0.15, -0.1) is 11.3 Å². The molecule has 4 rings (SSSR count). The molecule has 1 aliphatic heterocycles. The Bertz CT molecular complexity index is 968. The van der Waals surface area contributed by atoms with Crippen molar-refractivity contribution in [1.29, 1.82) is 0 Å². The quantitative estimate of drug-likeness (QED) is 0.671. The molecule has 2 unspecified atom stereocenters. The maximum Gasteiger partial charge on any atom is 0.441 e. The second kappa shape index (κ2) is 8.36. The average molecular weight is 402 g/mol. The molecule has 8 nitrogen and oxygen atoms in total. The summed E-state index contributed by atoms with van der Waals surface area (Å²) in [7, 11) is 0. The largest absolute Gasteiger partial charge is 0.441 e. The first-order valence-corrected chi connectivity index (χ1v) is 10.0. The fourth-order valence-electron chi connectivity index (χ4n) is 3.33. The lowest BCUT2D eigenvalue weighted by Crippen LogP contribution is -2.43. The van der Waals surface area contributed by atoms with E-state index >= 15 is 0 Å². The molecule has 148 valence electrons. The second-order valence-corrected chi connectivity index (χ2v) is 7.74. The third-order valence-corrected chi connectivity index (χ3v) is 5.70. The van der Waals surface area contributed by atoms with E-state index in [1.807, 2.05) is 42.6 Å². The molecule has 0 saturated carbocycles. The summed E-state index contributed by atoms with van der Waals surface area (Å²) in [5.41, 5.74) is 1.76. The van der Waals surface area contributed by atoms with Gasteiger partial charge in [0.2, 0.25) is 0 Å². The Morgan fingerprint density at radius 1 is 1.32 bits per heavy atom. The van der Waals surface area contributed by atoms with Gasteiger partial charge in [0.25, 0.3) is 0 Å². The number of morpholine rings is 1. The van der Waals surface area contributed by atoms with Gasteiger partial charge in [-0.2, -0.15) is 0 Å². The smallest absolute Gasteiger partial charge is 0.390 e. The zero-order chi connectivity index (χ0) is 19.5. The zero-order valence-electron chi connectivity index (χ0n) is 15.5. The van der Waals surface area contributed by atoms with Crippen molar-refractivity contribution in [2.45, 2.75) is 25.7 Å². The molecule has 3 aromatic rings. The standard InChI is InChI=1S/C19H22N4O4S/c1-13-12-28-18(20-13)16-11-22(7-8-26-16)9-15(24)10-23-17(21-27-19(23)25)14-5-3-2-4-6-14/h2-6,12,15-16,24H,7-11H2,1H3. The van der Waals surface area contributed by atoms with E-state index in [1.165, 1.54) is 4.57 Å². The molecule has 0 radical (unpaired) electrons. The number of aliphatic hydroxyl groups is 1. The van der Waals surface area contributed by atoms with Gasteiger partial charge in [0.05, 0.1) is 19.3 Å². The minimum absolute atomic E-state index is 0.0853. The van der Waals surface area contributed by atoms with Crippen LogP contribution < -0.4 is 5.76 Å². The van der Waals surface area contributed by atoms with E-state index in [9.17, 15) is 9.90 Å². The first-order chi connectivity index (χ1) is 13.6. The Labute approximate surface area is 166 Å². The van der Waals surface area contributed by atoms with Crippen molar-refractivity contribution in [2.75, 3.05) is 26.2 Å². The molecular weight excluding hydrogens is 380 g/mol. The topological polar surface area (TPSA) is 93.6 Å². The Hall–Kier alpha value is -2.33. The van der Waals surface area contributed by atoms with Crippen molar-refractivity contribution in [3.05, 3.63) is 57.0 Å². The normalized spacial score (nSPS) is 19.0. The molecule has 0 amide bonds. The van der Waals surface area contributed by atoms with Crippen LogP contribution >= 0.6 is 11.3 Å². The van der Waals surface area contributed by atoms with Gasteiger partial charge in [0.1, 0.15) is 11.1 Å². The van der Waals surface area contributed by atoms with E-state index in [1.54, 1.807) is 11.3 Å². The van der Waals surface area contributed by atoms with Crippen LogP contribution in [-0.2, 0) is 11.3 Å². The van der Waals surface area contributed by atoms with E-state index in [-0.39, 0.29) is 12.6 Å². The van der Waals surface area contributed by atoms with Gasteiger partial charge in [-0.05, 0) is 6.92 Å². The van der Waals surface area contributed by atoms with Gasteiger partial charge < -0.3 is 9.84 Å². The molecule has 9 heteroatoms. The van der Waals surface area contributed by atoms with Gasteiger partial charge in [-0.3, -0.25) is 14.0 Å². The van der Waals surface area contributed by atoms with Gasteiger partial charge in [0.15, 0.2) is 5.82 Å². The van der Waals surface area contributed by atoms with Gasteiger partial charge >= 0.3 is 5.76 Å². The number of rotatable bonds is 6. The summed E-state index contributed by atoms with van der Waals surface area (Å²) in [5, 5.41) is 17.4. The molecule has 1 fully saturated rings. The van der Waals surface area contributed by atoms with Crippen molar-refractivity contribution in [3.63, 3.8) is 0 Å². The molecular formula is C19H22N4O4S. The number of β-amino-alcohol motifs (C(OH)–C–C–N with tert-alkyl or cyclic N) is 1. The SMILES string of the molecule is Cc1csc(C2CN(CC(O)Cn3c(-c4ccccc4)noc3=O)CCO2)n1. The predicted molar refractivity (Wildman–Crippen MR) is 104 cm³/mol. The molecule has 1 N–H and O–H groups in total. The van der Waals surface area contributed by atoms with Crippen LogP contribution in [0.15, 0.2) is 45.0 Å². The molecule has 0 bridgehead atoms. The van der Waals surface area contributed by atoms with Crippen molar-refractivity contribution < 1.29 is 14.4 Å². The maximum absolute atomic E-state index is 12.1. The number of aliphatic hydroxyl groups excluding tert-OH is 1. The Balaban J connectivity index is 1.42. The number of hydrogen-bond donors (Lipinski definition) is 1.